The van der Waals surface area contributed by atoms with E-state index >= 15 is 0 Å². The predicted molar refractivity (Wildman–Crippen MR) is 102 cm³/mol. The highest BCUT2D eigenvalue weighted by Crippen LogP contribution is 2.44. The van der Waals surface area contributed by atoms with Crippen LogP contribution in [0.1, 0.15) is 34.2 Å². The molecule has 1 fully saturated rings. The Morgan fingerprint density at radius 3 is 2.23 bits per heavy atom. The third-order valence-corrected chi connectivity index (χ3v) is 6.07. The molecule has 6 heteroatoms. The summed E-state index contributed by atoms with van der Waals surface area (Å²) in [6.45, 7) is 3.57. The summed E-state index contributed by atoms with van der Waals surface area (Å²) in [7, 11) is 3.34. The van der Waals surface area contributed by atoms with E-state index in [0.29, 0.717) is 12.8 Å². The Kier molecular flexibility index (Phi) is 5.84. The van der Waals surface area contributed by atoms with Gasteiger partial charge in [0.25, 0.3) is 0 Å². The van der Waals surface area contributed by atoms with Crippen LogP contribution in [-0.4, -0.2) is 43.3 Å². The fourth-order valence-corrected chi connectivity index (χ4v) is 4.68. The van der Waals surface area contributed by atoms with Crippen LogP contribution in [0.4, 0.5) is 0 Å². The maximum Gasteiger partial charge on any atom is 0.306 e. The number of methoxy groups -OCH3 is 2. The van der Waals surface area contributed by atoms with E-state index < -0.39 is 5.97 Å². The number of carbonyl (C=O) groups is 1. The highest BCUT2D eigenvalue weighted by molar-refractivity contribution is 7.12. The fraction of sp³-hybridized carbons (Fsp3) is 0.450. The van der Waals surface area contributed by atoms with Crippen LogP contribution in [0.3, 0.4) is 0 Å². The second-order valence-corrected chi connectivity index (χ2v) is 7.90. The first-order valence-electron chi connectivity index (χ1n) is 8.79. The van der Waals surface area contributed by atoms with Crippen LogP contribution in [-0.2, 0) is 4.79 Å². The van der Waals surface area contributed by atoms with Crippen molar-refractivity contribution in [3.05, 3.63) is 45.6 Å². The molecule has 3 rings (SSSR count). The third kappa shape index (κ3) is 3.71. The summed E-state index contributed by atoms with van der Waals surface area (Å²) >= 11 is 1.76. The number of ether oxygens (including phenoxy) is 2. The number of thiophene rings is 1. The molecule has 1 unspecified atom stereocenters. The lowest BCUT2D eigenvalue weighted by Gasteiger charge is -2.37. The topological polar surface area (TPSA) is 59.0 Å². The Bertz CT molecular complexity index is 743. The first-order valence-corrected chi connectivity index (χ1v) is 9.61. The summed E-state index contributed by atoms with van der Waals surface area (Å²) in [4.78, 5) is 16.1. The molecule has 0 amide bonds. The summed E-state index contributed by atoms with van der Waals surface area (Å²) in [6.07, 6.45) is 1.32. The van der Waals surface area contributed by atoms with Crippen molar-refractivity contribution in [3.8, 4) is 11.5 Å². The van der Waals surface area contributed by atoms with Crippen molar-refractivity contribution < 1.29 is 19.4 Å². The van der Waals surface area contributed by atoms with Crippen LogP contribution in [0.2, 0.25) is 0 Å². The van der Waals surface area contributed by atoms with E-state index in [4.69, 9.17) is 9.47 Å². The molecule has 0 spiro atoms. The molecule has 1 saturated heterocycles. The summed E-state index contributed by atoms with van der Waals surface area (Å²) in [5.41, 5.74) is 1.01. The van der Waals surface area contributed by atoms with Gasteiger partial charge in [-0.15, -0.1) is 11.3 Å². The largest absolute Gasteiger partial charge is 0.496 e. The number of hydrogen-bond acceptors (Lipinski definition) is 5. The Hall–Kier alpha value is -2.05. The highest BCUT2D eigenvalue weighted by atomic mass is 32.1. The molecule has 0 bridgehead atoms. The molecule has 0 saturated carbocycles. The average Bonchev–Trinajstić information content (AvgIpc) is 3.08. The molecular formula is C20H25NO4S. The van der Waals surface area contributed by atoms with Gasteiger partial charge in [-0.25, -0.2) is 0 Å². The normalized spacial score (nSPS) is 17.0. The number of benzene rings is 1. The average molecular weight is 375 g/mol. The van der Waals surface area contributed by atoms with Gasteiger partial charge in [-0.1, -0.05) is 6.07 Å². The van der Waals surface area contributed by atoms with E-state index in [1.807, 2.05) is 18.2 Å². The Morgan fingerprint density at radius 2 is 1.77 bits per heavy atom. The minimum Gasteiger partial charge on any atom is -0.496 e. The first-order chi connectivity index (χ1) is 12.5. The van der Waals surface area contributed by atoms with Crippen molar-refractivity contribution in [1.82, 2.24) is 4.90 Å². The molecule has 26 heavy (non-hydrogen) atoms. The highest BCUT2D eigenvalue weighted by Gasteiger charge is 2.33. The summed E-state index contributed by atoms with van der Waals surface area (Å²) in [6, 6.07) is 10.1. The number of hydrogen-bond donors (Lipinski definition) is 1. The van der Waals surface area contributed by atoms with Crippen LogP contribution in [0.15, 0.2) is 30.3 Å². The number of carboxylic acids is 1. The molecular weight excluding hydrogens is 350 g/mol. The van der Waals surface area contributed by atoms with E-state index in [9.17, 15) is 9.90 Å². The van der Waals surface area contributed by atoms with Gasteiger partial charge in [0.05, 0.1) is 31.7 Å². The van der Waals surface area contributed by atoms with Gasteiger partial charge in [0.1, 0.15) is 11.5 Å². The second kappa shape index (κ2) is 8.10. The molecule has 2 heterocycles. The fourth-order valence-electron chi connectivity index (χ4n) is 3.66. The number of aryl methyl sites for hydroxylation is 1. The summed E-state index contributed by atoms with van der Waals surface area (Å²) < 4.78 is 11.3. The van der Waals surface area contributed by atoms with Gasteiger partial charge < -0.3 is 14.6 Å². The van der Waals surface area contributed by atoms with Crippen molar-refractivity contribution in [2.75, 3.05) is 27.3 Å². The van der Waals surface area contributed by atoms with Gasteiger partial charge >= 0.3 is 5.97 Å². The number of carboxylic acid groups (broad SMARTS) is 1. The smallest absolute Gasteiger partial charge is 0.306 e. The van der Waals surface area contributed by atoms with Gasteiger partial charge in [0.15, 0.2) is 0 Å². The molecule has 1 aliphatic heterocycles. The first kappa shape index (κ1) is 18.7. The van der Waals surface area contributed by atoms with Gasteiger partial charge in [-0.05, 0) is 57.1 Å². The zero-order valence-corrected chi connectivity index (χ0v) is 16.2. The van der Waals surface area contributed by atoms with Gasteiger partial charge in [0, 0.05) is 9.75 Å². The Labute approximate surface area is 158 Å². The molecule has 2 aromatic rings. The lowest BCUT2D eigenvalue weighted by molar-refractivity contribution is -0.143. The minimum absolute atomic E-state index is 0.00505. The van der Waals surface area contributed by atoms with Crippen molar-refractivity contribution in [1.29, 1.82) is 0 Å². The van der Waals surface area contributed by atoms with E-state index in [-0.39, 0.29) is 12.0 Å². The molecule has 0 radical (unpaired) electrons. The van der Waals surface area contributed by atoms with Gasteiger partial charge in [-0.2, -0.15) is 0 Å². The summed E-state index contributed by atoms with van der Waals surface area (Å²) in [5, 5.41) is 9.31. The molecule has 0 aliphatic carbocycles. The number of piperidine rings is 1. The number of rotatable bonds is 6. The van der Waals surface area contributed by atoms with Crippen molar-refractivity contribution in [2.24, 2.45) is 5.92 Å². The van der Waals surface area contributed by atoms with E-state index in [1.165, 1.54) is 9.75 Å². The SMILES string of the molecule is COc1cccc(OC)c1C(c1ccc(C)s1)N1CCC(C(=O)O)CC1. The quantitative estimate of drug-likeness (QED) is 0.828. The van der Waals surface area contributed by atoms with E-state index in [2.05, 4.69) is 24.0 Å². The molecule has 140 valence electrons. The van der Waals surface area contributed by atoms with Crippen LogP contribution in [0, 0.1) is 12.8 Å². The van der Waals surface area contributed by atoms with E-state index in [1.54, 1.807) is 25.6 Å². The minimum atomic E-state index is -0.692. The van der Waals surface area contributed by atoms with Crippen molar-refractivity contribution >= 4 is 17.3 Å². The van der Waals surface area contributed by atoms with Gasteiger partial charge in [0.2, 0.25) is 0 Å². The zero-order valence-electron chi connectivity index (χ0n) is 15.4. The molecule has 1 aromatic heterocycles. The monoisotopic (exact) mass is 375 g/mol. The molecule has 1 aromatic carbocycles. The standard InChI is InChI=1S/C20H25NO4S/c1-13-7-8-17(26-13)19(21-11-9-14(10-12-21)20(22)23)18-15(24-2)5-4-6-16(18)25-3/h4-8,14,19H,9-12H2,1-3H3,(H,22,23). The lowest BCUT2D eigenvalue weighted by atomic mass is 9.93. The summed E-state index contributed by atoms with van der Waals surface area (Å²) in [5.74, 6) is 0.640. The van der Waals surface area contributed by atoms with Crippen molar-refractivity contribution in [2.45, 2.75) is 25.8 Å². The second-order valence-electron chi connectivity index (χ2n) is 6.58. The number of likely N-dealkylation sites (tertiary alicyclic amines) is 1. The maximum absolute atomic E-state index is 11.3. The van der Waals surface area contributed by atoms with Crippen molar-refractivity contribution in [3.63, 3.8) is 0 Å². The Balaban J connectivity index is 2.02. The van der Waals surface area contributed by atoms with Crippen LogP contribution >= 0.6 is 11.3 Å². The molecule has 5 nitrogen and oxygen atoms in total. The maximum atomic E-state index is 11.3. The van der Waals surface area contributed by atoms with Crippen LogP contribution in [0.25, 0.3) is 0 Å². The van der Waals surface area contributed by atoms with Crippen LogP contribution in [0.5, 0.6) is 11.5 Å². The molecule has 1 atom stereocenters. The number of aliphatic carboxylic acids is 1. The van der Waals surface area contributed by atoms with E-state index in [0.717, 1.165) is 30.2 Å². The zero-order chi connectivity index (χ0) is 18.7. The molecule has 1 aliphatic rings. The molecule has 1 N–H and O–H groups in total. The van der Waals surface area contributed by atoms with Gasteiger partial charge in [-0.3, -0.25) is 9.69 Å². The third-order valence-electron chi connectivity index (χ3n) is 5.01. The predicted octanol–water partition coefficient (Wildman–Crippen LogP) is 3.96. The number of nitrogens with zero attached hydrogens (tertiary/aromatic N) is 1. The lowest BCUT2D eigenvalue weighted by Crippen LogP contribution is -2.39. The van der Waals surface area contributed by atoms with Crippen LogP contribution < -0.4 is 9.47 Å². The Morgan fingerprint density at radius 1 is 1.15 bits per heavy atom.